The van der Waals surface area contributed by atoms with E-state index < -0.39 is 0 Å². The van der Waals surface area contributed by atoms with E-state index in [4.69, 9.17) is 4.98 Å². The molecular weight excluding hydrogens is 373 g/mol. The molecule has 0 radical (unpaired) electrons. The summed E-state index contributed by atoms with van der Waals surface area (Å²) in [4.78, 5) is 19.4. The van der Waals surface area contributed by atoms with E-state index in [1.807, 2.05) is 0 Å². The third kappa shape index (κ3) is 6.11. The van der Waals surface area contributed by atoms with Gasteiger partial charge < -0.3 is 5.32 Å². The van der Waals surface area contributed by atoms with Gasteiger partial charge >= 0.3 is 0 Å². The van der Waals surface area contributed by atoms with Gasteiger partial charge in [-0.05, 0) is 43.7 Å². The number of hydrogen-bond donors (Lipinski definition) is 1. The maximum atomic E-state index is 13.6. The molecule has 0 unspecified atom stereocenters. The van der Waals surface area contributed by atoms with Crippen LogP contribution < -0.4 is 5.32 Å². The summed E-state index contributed by atoms with van der Waals surface area (Å²) in [6.45, 7) is 7.64. The smallest absolute Gasteiger partial charge is 0.220 e. The topological polar surface area (TPSA) is 45.2 Å². The van der Waals surface area contributed by atoms with Crippen molar-refractivity contribution in [1.29, 1.82) is 0 Å². The standard InChI is InChI=1S/C22H30FN3OS/c1-16(2)20-15-28-22(25-20)14-26-11-5-6-17(13-26)9-10-21(27)24-12-18-7-3-4-8-19(18)23/h3-4,7-8,15-17H,5-6,9-14H2,1-2H3,(H,24,27)/t17-/m1/s1. The Bertz CT molecular complexity index is 777. The molecule has 2 heterocycles. The number of nitrogens with one attached hydrogen (secondary N) is 1. The second kappa shape index (κ2) is 10.1. The van der Waals surface area contributed by atoms with Gasteiger partial charge in [-0.3, -0.25) is 9.69 Å². The number of likely N-dealkylation sites (tertiary alicyclic amines) is 1. The van der Waals surface area contributed by atoms with Crippen LogP contribution in [0.3, 0.4) is 0 Å². The quantitative estimate of drug-likeness (QED) is 0.694. The van der Waals surface area contributed by atoms with Gasteiger partial charge in [-0.25, -0.2) is 9.37 Å². The SMILES string of the molecule is CC(C)c1csc(CN2CCC[C@H](CCC(=O)NCc3ccccc3F)C2)n1. The van der Waals surface area contributed by atoms with Gasteiger partial charge in [-0.15, -0.1) is 11.3 Å². The molecule has 28 heavy (non-hydrogen) atoms. The summed E-state index contributed by atoms with van der Waals surface area (Å²) < 4.78 is 13.6. The van der Waals surface area contributed by atoms with Crippen molar-refractivity contribution in [3.63, 3.8) is 0 Å². The summed E-state index contributed by atoms with van der Waals surface area (Å²) in [6, 6.07) is 6.57. The number of aromatic nitrogens is 1. The molecule has 1 amide bonds. The van der Waals surface area contributed by atoms with Crippen LogP contribution in [-0.2, 0) is 17.9 Å². The zero-order chi connectivity index (χ0) is 19.9. The molecule has 0 bridgehead atoms. The summed E-state index contributed by atoms with van der Waals surface area (Å²) >= 11 is 1.75. The lowest BCUT2D eigenvalue weighted by molar-refractivity contribution is -0.121. The number of carbonyl (C=O) groups is 1. The second-order valence-corrected chi connectivity index (χ2v) is 8.91. The second-order valence-electron chi connectivity index (χ2n) is 7.97. The van der Waals surface area contributed by atoms with Gasteiger partial charge in [0, 0.05) is 30.5 Å². The Labute approximate surface area is 171 Å². The summed E-state index contributed by atoms with van der Waals surface area (Å²) in [7, 11) is 0. The normalized spacial score (nSPS) is 17.8. The average Bonchev–Trinajstić information content (AvgIpc) is 3.15. The molecule has 2 aromatic rings. The molecule has 3 rings (SSSR count). The van der Waals surface area contributed by atoms with Crippen LogP contribution in [0.1, 0.15) is 61.7 Å². The highest BCUT2D eigenvalue weighted by Gasteiger charge is 2.21. The highest BCUT2D eigenvalue weighted by molar-refractivity contribution is 7.09. The number of piperidine rings is 1. The van der Waals surface area contributed by atoms with Crippen LogP contribution in [0.25, 0.3) is 0 Å². The summed E-state index contributed by atoms with van der Waals surface area (Å²) in [5, 5.41) is 6.20. The number of thiazole rings is 1. The van der Waals surface area contributed by atoms with E-state index in [0.29, 0.717) is 23.8 Å². The fourth-order valence-corrected chi connectivity index (χ4v) is 4.64. The molecule has 1 atom stereocenters. The first kappa shape index (κ1) is 20.9. The molecule has 0 spiro atoms. The molecule has 1 fully saturated rings. The molecule has 1 aromatic carbocycles. The molecule has 6 heteroatoms. The molecule has 1 aromatic heterocycles. The predicted molar refractivity (Wildman–Crippen MR) is 112 cm³/mol. The number of nitrogens with zero attached hydrogens (tertiary/aromatic N) is 2. The molecule has 0 aliphatic carbocycles. The van der Waals surface area contributed by atoms with Gasteiger partial charge in [0.05, 0.1) is 12.2 Å². The first-order valence-corrected chi connectivity index (χ1v) is 11.1. The van der Waals surface area contributed by atoms with Gasteiger partial charge in [0.25, 0.3) is 0 Å². The van der Waals surface area contributed by atoms with Crippen LogP contribution in [-0.4, -0.2) is 28.9 Å². The van der Waals surface area contributed by atoms with Crippen LogP contribution in [0.15, 0.2) is 29.6 Å². The van der Waals surface area contributed by atoms with Gasteiger partial charge in [-0.2, -0.15) is 0 Å². The first-order valence-electron chi connectivity index (χ1n) is 10.2. The number of amides is 1. The maximum Gasteiger partial charge on any atom is 0.220 e. The highest BCUT2D eigenvalue weighted by Crippen LogP contribution is 2.24. The molecule has 1 aliphatic heterocycles. The van der Waals surface area contributed by atoms with Crippen molar-refractivity contribution in [2.75, 3.05) is 13.1 Å². The molecule has 152 valence electrons. The minimum absolute atomic E-state index is 0.00174. The summed E-state index contributed by atoms with van der Waals surface area (Å²) in [5.74, 6) is 0.745. The van der Waals surface area contributed by atoms with Crippen molar-refractivity contribution in [2.24, 2.45) is 5.92 Å². The fraction of sp³-hybridized carbons (Fsp3) is 0.545. The van der Waals surface area contributed by atoms with Gasteiger partial charge in [0.1, 0.15) is 10.8 Å². The minimum Gasteiger partial charge on any atom is -0.352 e. The number of benzene rings is 1. The minimum atomic E-state index is -0.270. The molecule has 1 N–H and O–H groups in total. The van der Waals surface area contributed by atoms with Crippen LogP contribution in [0.4, 0.5) is 4.39 Å². The lowest BCUT2D eigenvalue weighted by atomic mass is 9.93. The van der Waals surface area contributed by atoms with Gasteiger partial charge in [0.2, 0.25) is 5.91 Å². The first-order chi connectivity index (χ1) is 13.5. The van der Waals surface area contributed by atoms with Crippen molar-refractivity contribution in [3.8, 4) is 0 Å². The van der Waals surface area contributed by atoms with E-state index in [1.54, 1.807) is 29.5 Å². The molecule has 4 nitrogen and oxygen atoms in total. The monoisotopic (exact) mass is 403 g/mol. The zero-order valence-electron chi connectivity index (χ0n) is 16.8. The molecular formula is C22H30FN3OS. The lowest BCUT2D eigenvalue weighted by Gasteiger charge is -2.32. The molecule has 0 saturated carbocycles. The van der Waals surface area contributed by atoms with Crippen LogP contribution >= 0.6 is 11.3 Å². The van der Waals surface area contributed by atoms with Gasteiger partial charge in [-0.1, -0.05) is 32.0 Å². The van der Waals surface area contributed by atoms with Crippen LogP contribution in [0, 0.1) is 11.7 Å². The fourth-order valence-electron chi connectivity index (χ4n) is 3.64. The predicted octanol–water partition coefficient (Wildman–Crippen LogP) is 4.71. The third-order valence-electron chi connectivity index (χ3n) is 5.34. The summed E-state index contributed by atoms with van der Waals surface area (Å²) in [5.41, 5.74) is 1.71. The Kier molecular flexibility index (Phi) is 7.57. The number of rotatable bonds is 8. The Balaban J connectivity index is 1.40. The van der Waals surface area contributed by atoms with Crippen LogP contribution in [0.5, 0.6) is 0 Å². The van der Waals surface area contributed by atoms with E-state index in [2.05, 4.69) is 29.4 Å². The molecule has 1 aliphatic rings. The number of hydrogen-bond acceptors (Lipinski definition) is 4. The highest BCUT2D eigenvalue weighted by atomic mass is 32.1. The van der Waals surface area contributed by atoms with Crippen molar-refractivity contribution in [1.82, 2.24) is 15.2 Å². The Morgan fingerprint density at radius 1 is 1.39 bits per heavy atom. The van der Waals surface area contributed by atoms with Crippen LogP contribution in [0.2, 0.25) is 0 Å². The van der Waals surface area contributed by atoms with Crippen molar-refractivity contribution < 1.29 is 9.18 Å². The Morgan fingerprint density at radius 2 is 2.21 bits per heavy atom. The van der Waals surface area contributed by atoms with E-state index in [9.17, 15) is 9.18 Å². The van der Waals surface area contributed by atoms with Crippen molar-refractivity contribution in [3.05, 3.63) is 51.7 Å². The van der Waals surface area contributed by atoms with Gasteiger partial charge in [0.15, 0.2) is 0 Å². The average molecular weight is 404 g/mol. The van der Waals surface area contributed by atoms with E-state index in [-0.39, 0.29) is 18.3 Å². The van der Waals surface area contributed by atoms with E-state index in [0.717, 1.165) is 26.1 Å². The van der Waals surface area contributed by atoms with E-state index >= 15 is 0 Å². The largest absolute Gasteiger partial charge is 0.352 e. The summed E-state index contributed by atoms with van der Waals surface area (Å²) in [6.07, 6.45) is 3.73. The Hall–Kier alpha value is -1.79. The zero-order valence-corrected chi connectivity index (χ0v) is 17.6. The van der Waals surface area contributed by atoms with E-state index in [1.165, 1.54) is 29.6 Å². The number of carbonyl (C=O) groups excluding carboxylic acids is 1. The number of halogens is 1. The molecule has 1 saturated heterocycles. The van der Waals surface area contributed by atoms with Crippen molar-refractivity contribution >= 4 is 17.2 Å². The Morgan fingerprint density at radius 3 is 2.96 bits per heavy atom. The lowest BCUT2D eigenvalue weighted by Crippen LogP contribution is -2.35. The van der Waals surface area contributed by atoms with Crippen molar-refractivity contribution in [2.45, 2.75) is 58.5 Å². The maximum absolute atomic E-state index is 13.6. The third-order valence-corrected chi connectivity index (χ3v) is 6.19.